The van der Waals surface area contributed by atoms with Gasteiger partial charge in [0.25, 0.3) is 5.56 Å². The number of aliphatic carboxylic acids is 1. The second kappa shape index (κ2) is 5.19. The van der Waals surface area contributed by atoms with Gasteiger partial charge in [-0.25, -0.2) is 9.59 Å². The van der Waals surface area contributed by atoms with E-state index in [0.29, 0.717) is 0 Å². The van der Waals surface area contributed by atoms with Gasteiger partial charge in [-0.3, -0.25) is 14.3 Å². The predicted molar refractivity (Wildman–Crippen MR) is 64.2 cm³/mol. The number of hydrogen-bond acceptors (Lipinski definition) is 6. The van der Waals surface area contributed by atoms with Gasteiger partial charge in [-0.2, -0.15) is 0 Å². The molecule has 2 rings (SSSR count). The standard InChI is InChI=1S/C11H14N2O7/c1-4-3-13(11(19)12-9(4)16)6-2-5(14)8(20-6)7(15)10(17)18/h3,5-8,14-15H,2H2,1H3,(H,17,18)(H,12,16,19)/t5?,6-,7?,8+/m1/s1. The quantitative estimate of drug-likeness (QED) is 0.500. The summed E-state index contributed by atoms with van der Waals surface area (Å²) in [6.07, 6.45) is -4.22. The van der Waals surface area contributed by atoms with Gasteiger partial charge in [0.15, 0.2) is 6.10 Å². The molecule has 1 aromatic heterocycles. The number of H-pyrrole nitrogens is 1. The van der Waals surface area contributed by atoms with Gasteiger partial charge >= 0.3 is 11.7 Å². The molecule has 4 atom stereocenters. The average molecular weight is 286 g/mol. The van der Waals surface area contributed by atoms with Crippen LogP contribution in [-0.4, -0.2) is 49.2 Å². The number of ether oxygens (including phenoxy) is 1. The molecule has 2 unspecified atom stereocenters. The molecule has 0 radical (unpaired) electrons. The fraction of sp³-hybridized carbons (Fsp3) is 0.545. The molecule has 0 saturated carbocycles. The lowest BCUT2D eigenvalue weighted by Gasteiger charge is -2.18. The van der Waals surface area contributed by atoms with Crippen LogP contribution in [0.1, 0.15) is 18.2 Å². The van der Waals surface area contributed by atoms with Crippen LogP contribution in [0, 0.1) is 6.92 Å². The first-order valence-corrected chi connectivity index (χ1v) is 5.87. The third-order valence-electron chi connectivity index (χ3n) is 3.16. The Morgan fingerprint density at radius 3 is 2.80 bits per heavy atom. The molecule has 0 spiro atoms. The number of rotatable bonds is 3. The Balaban J connectivity index is 2.29. The molecule has 0 bridgehead atoms. The first-order valence-electron chi connectivity index (χ1n) is 5.87. The van der Waals surface area contributed by atoms with Crippen LogP contribution in [0.3, 0.4) is 0 Å². The second-order valence-corrected chi connectivity index (χ2v) is 4.62. The molecule has 1 aliphatic heterocycles. The zero-order chi connectivity index (χ0) is 15.0. The maximum absolute atomic E-state index is 11.7. The molecule has 2 heterocycles. The average Bonchev–Trinajstić information content (AvgIpc) is 2.74. The Hall–Kier alpha value is -1.97. The van der Waals surface area contributed by atoms with Crippen molar-refractivity contribution in [2.24, 2.45) is 0 Å². The normalized spacial score (nSPS) is 27.4. The van der Waals surface area contributed by atoms with Crippen LogP contribution in [-0.2, 0) is 9.53 Å². The summed E-state index contributed by atoms with van der Waals surface area (Å²) >= 11 is 0. The van der Waals surface area contributed by atoms with Crippen molar-refractivity contribution in [3.05, 3.63) is 32.6 Å². The molecule has 0 amide bonds. The van der Waals surface area contributed by atoms with E-state index in [0.717, 1.165) is 4.57 Å². The highest BCUT2D eigenvalue weighted by atomic mass is 16.5. The Morgan fingerprint density at radius 2 is 2.20 bits per heavy atom. The van der Waals surface area contributed by atoms with Crippen molar-refractivity contribution in [1.29, 1.82) is 0 Å². The van der Waals surface area contributed by atoms with Crippen LogP contribution in [0.2, 0.25) is 0 Å². The minimum absolute atomic E-state index is 0.0691. The molecule has 1 aromatic rings. The van der Waals surface area contributed by atoms with Gasteiger partial charge in [-0.05, 0) is 6.92 Å². The van der Waals surface area contributed by atoms with Crippen LogP contribution < -0.4 is 11.2 Å². The van der Waals surface area contributed by atoms with Crippen molar-refractivity contribution in [2.75, 3.05) is 0 Å². The van der Waals surface area contributed by atoms with Crippen molar-refractivity contribution in [3.8, 4) is 0 Å². The Kier molecular flexibility index (Phi) is 3.75. The van der Waals surface area contributed by atoms with Crippen molar-refractivity contribution >= 4 is 5.97 Å². The minimum atomic E-state index is -1.89. The molecule has 1 fully saturated rings. The highest BCUT2D eigenvalue weighted by Crippen LogP contribution is 2.29. The smallest absolute Gasteiger partial charge is 0.335 e. The number of hydrogen-bond donors (Lipinski definition) is 4. The maximum atomic E-state index is 11.7. The minimum Gasteiger partial charge on any atom is -0.479 e. The fourth-order valence-electron chi connectivity index (χ4n) is 2.07. The summed E-state index contributed by atoms with van der Waals surface area (Å²) < 4.78 is 6.27. The molecule has 20 heavy (non-hydrogen) atoms. The van der Waals surface area contributed by atoms with Gasteiger partial charge in [-0.1, -0.05) is 0 Å². The topological polar surface area (TPSA) is 142 Å². The van der Waals surface area contributed by atoms with E-state index in [2.05, 4.69) is 4.98 Å². The van der Waals surface area contributed by atoms with Gasteiger partial charge < -0.3 is 20.1 Å². The monoisotopic (exact) mass is 286 g/mol. The number of nitrogens with zero attached hydrogens (tertiary/aromatic N) is 1. The highest BCUT2D eigenvalue weighted by Gasteiger charge is 2.42. The summed E-state index contributed by atoms with van der Waals surface area (Å²) in [5, 5.41) is 27.8. The zero-order valence-electron chi connectivity index (χ0n) is 10.5. The summed E-state index contributed by atoms with van der Waals surface area (Å²) in [5.74, 6) is -1.53. The first kappa shape index (κ1) is 14.4. The molecule has 0 aliphatic carbocycles. The number of carboxylic acids is 1. The van der Waals surface area contributed by atoms with E-state index in [1.165, 1.54) is 13.1 Å². The summed E-state index contributed by atoms with van der Waals surface area (Å²) in [5.41, 5.74) is -1.000. The molecular formula is C11H14N2O7. The molecule has 110 valence electrons. The van der Waals surface area contributed by atoms with Crippen LogP contribution in [0.5, 0.6) is 0 Å². The van der Waals surface area contributed by atoms with Gasteiger partial charge in [-0.15, -0.1) is 0 Å². The second-order valence-electron chi connectivity index (χ2n) is 4.62. The number of carboxylic acid groups (broad SMARTS) is 1. The van der Waals surface area contributed by atoms with Crippen molar-refractivity contribution < 1.29 is 24.9 Å². The van der Waals surface area contributed by atoms with Crippen molar-refractivity contribution in [1.82, 2.24) is 9.55 Å². The summed E-state index contributed by atoms with van der Waals surface area (Å²) in [6, 6.07) is 0. The van der Waals surface area contributed by atoms with Gasteiger partial charge in [0.1, 0.15) is 12.3 Å². The molecular weight excluding hydrogens is 272 g/mol. The number of aliphatic hydroxyl groups is 2. The van der Waals surface area contributed by atoms with E-state index < -0.39 is 41.8 Å². The first-order chi connectivity index (χ1) is 9.31. The molecule has 9 nitrogen and oxygen atoms in total. The van der Waals surface area contributed by atoms with Crippen LogP contribution in [0.15, 0.2) is 15.8 Å². The molecule has 4 N–H and O–H groups in total. The van der Waals surface area contributed by atoms with E-state index >= 15 is 0 Å². The number of aromatic nitrogens is 2. The van der Waals surface area contributed by atoms with E-state index in [1.807, 2.05) is 0 Å². The van der Waals surface area contributed by atoms with Crippen molar-refractivity contribution in [2.45, 2.75) is 37.9 Å². The lowest BCUT2D eigenvalue weighted by Crippen LogP contribution is -2.40. The largest absolute Gasteiger partial charge is 0.479 e. The molecule has 1 aliphatic rings. The predicted octanol–water partition coefficient (Wildman–Crippen LogP) is -2.06. The Bertz CT molecular complexity index is 634. The fourth-order valence-corrected chi connectivity index (χ4v) is 2.07. The van der Waals surface area contributed by atoms with Gasteiger partial charge in [0, 0.05) is 18.2 Å². The summed E-state index contributed by atoms with van der Waals surface area (Å²) in [4.78, 5) is 35.7. The number of aryl methyl sites for hydroxylation is 1. The van der Waals surface area contributed by atoms with E-state index in [4.69, 9.17) is 9.84 Å². The molecule has 9 heteroatoms. The Labute approximate surface area is 112 Å². The maximum Gasteiger partial charge on any atom is 0.335 e. The number of nitrogens with one attached hydrogen (secondary N) is 1. The van der Waals surface area contributed by atoms with E-state index in [9.17, 15) is 24.6 Å². The van der Waals surface area contributed by atoms with E-state index in [1.54, 1.807) is 0 Å². The van der Waals surface area contributed by atoms with Gasteiger partial charge in [0.2, 0.25) is 0 Å². The third-order valence-corrected chi connectivity index (χ3v) is 3.16. The number of aliphatic hydroxyl groups excluding tert-OH is 2. The van der Waals surface area contributed by atoms with Crippen LogP contribution >= 0.6 is 0 Å². The number of aromatic amines is 1. The highest BCUT2D eigenvalue weighted by molar-refractivity contribution is 5.72. The summed E-state index contributed by atoms with van der Waals surface area (Å²) in [6.45, 7) is 1.49. The lowest BCUT2D eigenvalue weighted by atomic mass is 10.1. The lowest BCUT2D eigenvalue weighted by molar-refractivity contribution is -0.160. The van der Waals surface area contributed by atoms with E-state index in [-0.39, 0.29) is 12.0 Å². The summed E-state index contributed by atoms with van der Waals surface area (Å²) in [7, 11) is 0. The Morgan fingerprint density at radius 1 is 1.55 bits per heavy atom. The van der Waals surface area contributed by atoms with Gasteiger partial charge in [0.05, 0.1) is 6.10 Å². The van der Waals surface area contributed by atoms with Crippen LogP contribution in [0.4, 0.5) is 0 Å². The number of carbonyl (C=O) groups is 1. The molecule has 0 aromatic carbocycles. The van der Waals surface area contributed by atoms with Crippen molar-refractivity contribution in [3.63, 3.8) is 0 Å². The zero-order valence-corrected chi connectivity index (χ0v) is 10.5. The SMILES string of the molecule is Cc1cn([C@H]2CC(O)[C@@H](C(O)C(=O)O)O2)c(=O)[nH]c1=O. The van der Waals surface area contributed by atoms with Crippen LogP contribution in [0.25, 0.3) is 0 Å². The molecule has 1 saturated heterocycles. The third kappa shape index (κ3) is 2.50.